The minimum Gasteiger partial charge on any atom is -0.340 e. The average Bonchev–Trinajstić information content (AvgIpc) is 2.63. The van der Waals surface area contributed by atoms with Gasteiger partial charge in [-0.3, -0.25) is 9.59 Å². The van der Waals surface area contributed by atoms with Gasteiger partial charge in [-0.1, -0.05) is 18.2 Å². The van der Waals surface area contributed by atoms with Gasteiger partial charge in [0.05, 0.1) is 0 Å². The number of anilines is 2. The molecule has 2 heterocycles. The van der Waals surface area contributed by atoms with Crippen molar-refractivity contribution in [3.8, 4) is 0 Å². The van der Waals surface area contributed by atoms with Crippen molar-refractivity contribution in [1.29, 1.82) is 0 Å². The number of nitrogens with one attached hydrogen (secondary N) is 1. The van der Waals surface area contributed by atoms with Gasteiger partial charge < -0.3 is 15.1 Å². The first kappa shape index (κ1) is 16.9. The molecule has 1 aliphatic heterocycles. The van der Waals surface area contributed by atoms with E-state index in [-0.39, 0.29) is 11.8 Å². The molecule has 1 N–H and O–H groups in total. The van der Waals surface area contributed by atoms with E-state index in [0.29, 0.717) is 37.7 Å². The topological polar surface area (TPSA) is 78.4 Å². The minimum absolute atomic E-state index is 0.0406. The maximum absolute atomic E-state index is 12.7. The van der Waals surface area contributed by atoms with Crippen LogP contribution < -0.4 is 5.32 Å². The summed E-state index contributed by atoms with van der Waals surface area (Å²) in [6, 6.07) is 9.53. The van der Waals surface area contributed by atoms with E-state index in [1.807, 2.05) is 31.2 Å². The SMILES string of the molecule is CC(=O)N1CCN(C(=O)c2cc(Nc3ccccc3C)ncn2)CC1. The van der Waals surface area contributed by atoms with Crippen molar-refractivity contribution in [2.45, 2.75) is 13.8 Å². The molecule has 0 saturated carbocycles. The molecule has 0 spiro atoms. The van der Waals surface area contributed by atoms with E-state index < -0.39 is 0 Å². The first-order valence-corrected chi connectivity index (χ1v) is 8.24. The first-order chi connectivity index (χ1) is 12.0. The van der Waals surface area contributed by atoms with Gasteiger partial charge in [0.2, 0.25) is 5.91 Å². The van der Waals surface area contributed by atoms with Crippen LogP contribution in [0.4, 0.5) is 11.5 Å². The molecule has 0 aliphatic carbocycles. The van der Waals surface area contributed by atoms with Crippen LogP contribution in [0.25, 0.3) is 0 Å². The third-order valence-electron chi connectivity index (χ3n) is 4.31. The van der Waals surface area contributed by atoms with Gasteiger partial charge >= 0.3 is 0 Å². The summed E-state index contributed by atoms with van der Waals surface area (Å²) in [4.78, 5) is 35.8. The number of benzene rings is 1. The van der Waals surface area contributed by atoms with Crippen molar-refractivity contribution in [2.24, 2.45) is 0 Å². The lowest BCUT2D eigenvalue weighted by molar-refractivity contribution is -0.130. The number of para-hydroxylation sites is 1. The zero-order chi connectivity index (χ0) is 17.8. The zero-order valence-electron chi connectivity index (χ0n) is 14.4. The van der Waals surface area contributed by atoms with Crippen molar-refractivity contribution >= 4 is 23.3 Å². The number of aryl methyl sites for hydroxylation is 1. The molecule has 1 fully saturated rings. The monoisotopic (exact) mass is 339 g/mol. The van der Waals surface area contributed by atoms with E-state index >= 15 is 0 Å². The Kier molecular flexibility index (Phi) is 4.92. The molecule has 7 heteroatoms. The van der Waals surface area contributed by atoms with Gasteiger partial charge in [0.15, 0.2) is 0 Å². The summed E-state index contributed by atoms with van der Waals surface area (Å²) in [7, 11) is 0. The Balaban J connectivity index is 1.70. The number of hydrogen-bond donors (Lipinski definition) is 1. The Morgan fingerprint density at radius 3 is 2.40 bits per heavy atom. The Morgan fingerprint density at radius 1 is 1.04 bits per heavy atom. The fraction of sp³-hybridized carbons (Fsp3) is 0.333. The third-order valence-corrected chi connectivity index (χ3v) is 4.31. The van der Waals surface area contributed by atoms with Crippen LogP contribution in [0.2, 0.25) is 0 Å². The van der Waals surface area contributed by atoms with Gasteiger partial charge in [0.25, 0.3) is 5.91 Å². The van der Waals surface area contributed by atoms with Crippen LogP contribution in [0.15, 0.2) is 36.7 Å². The Labute approximate surface area is 146 Å². The normalized spacial score (nSPS) is 14.3. The molecular weight excluding hydrogens is 318 g/mol. The second-order valence-electron chi connectivity index (χ2n) is 6.03. The maximum Gasteiger partial charge on any atom is 0.272 e. The lowest BCUT2D eigenvalue weighted by Crippen LogP contribution is -2.50. The Morgan fingerprint density at radius 2 is 1.72 bits per heavy atom. The van der Waals surface area contributed by atoms with Crippen molar-refractivity contribution in [3.05, 3.63) is 47.9 Å². The fourth-order valence-corrected chi connectivity index (χ4v) is 2.78. The molecular formula is C18H21N5O2. The molecule has 3 rings (SSSR count). The number of amides is 2. The highest BCUT2D eigenvalue weighted by molar-refractivity contribution is 5.93. The molecule has 2 aromatic rings. The molecule has 1 aromatic carbocycles. The van der Waals surface area contributed by atoms with Gasteiger partial charge in [-0.15, -0.1) is 0 Å². The van der Waals surface area contributed by atoms with Gasteiger partial charge in [0.1, 0.15) is 17.8 Å². The van der Waals surface area contributed by atoms with Crippen LogP contribution in [0.3, 0.4) is 0 Å². The highest BCUT2D eigenvalue weighted by atomic mass is 16.2. The number of aromatic nitrogens is 2. The van der Waals surface area contributed by atoms with Crippen molar-refractivity contribution < 1.29 is 9.59 Å². The molecule has 0 atom stereocenters. The van der Waals surface area contributed by atoms with E-state index in [0.717, 1.165) is 11.3 Å². The standard InChI is InChI=1S/C18H21N5O2/c1-13-5-3-4-6-15(13)21-17-11-16(19-12-20-17)18(25)23-9-7-22(8-10-23)14(2)24/h3-6,11-12H,7-10H2,1-2H3,(H,19,20,21). The molecule has 25 heavy (non-hydrogen) atoms. The number of rotatable bonds is 3. The number of carbonyl (C=O) groups is 2. The summed E-state index contributed by atoms with van der Waals surface area (Å²) in [5.41, 5.74) is 2.38. The zero-order valence-corrected chi connectivity index (χ0v) is 14.4. The summed E-state index contributed by atoms with van der Waals surface area (Å²) in [5.74, 6) is 0.479. The minimum atomic E-state index is -0.140. The number of carbonyl (C=O) groups excluding carboxylic acids is 2. The van der Waals surface area contributed by atoms with Crippen molar-refractivity contribution in [1.82, 2.24) is 19.8 Å². The van der Waals surface area contributed by atoms with Gasteiger partial charge in [0, 0.05) is 44.9 Å². The van der Waals surface area contributed by atoms with E-state index in [1.165, 1.54) is 6.33 Å². The van der Waals surface area contributed by atoms with Crippen LogP contribution in [-0.4, -0.2) is 57.8 Å². The number of hydrogen-bond acceptors (Lipinski definition) is 5. The largest absolute Gasteiger partial charge is 0.340 e. The van der Waals surface area contributed by atoms with Crippen LogP contribution in [0, 0.1) is 6.92 Å². The van der Waals surface area contributed by atoms with Gasteiger partial charge in [-0.2, -0.15) is 0 Å². The first-order valence-electron chi connectivity index (χ1n) is 8.24. The van der Waals surface area contributed by atoms with Crippen LogP contribution in [0.1, 0.15) is 23.0 Å². The number of nitrogens with zero attached hydrogens (tertiary/aromatic N) is 4. The highest BCUT2D eigenvalue weighted by Gasteiger charge is 2.24. The Hall–Kier alpha value is -2.96. The average molecular weight is 339 g/mol. The van der Waals surface area contributed by atoms with E-state index in [4.69, 9.17) is 0 Å². The number of piperazine rings is 1. The van der Waals surface area contributed by atoms with Crippen molar-refractivity contribution in [2.75, 3.05) is 31.5 Å². The second-order valence-corrected chi connectivity index (χ2v) is 6.03. The molecule has 1 aliphatic rings. The van der Waals surface area contributed by atoms with Crippen LogP contribution in [0.5, 0.6) is 0 Å². The van der Waals surface area contributed by atoms with Crippen molar-refractivity contribution in [3.63, 3.8) is 0 Å². The predicted molar refractivity (Wildman–Crippen MR) is 94.7 cm³/mol. The summed E-state index contributed by atoms with van der Waals surface area (Å²) in [5, 5.41) is 3.22. The van der Waals surface area contributed by atoms with E-state index in [9.17, 15) is 9.59 Å². The maximum atomic E-state index is 12.7. The van der Waals surface area contributed by atoms with Gasteiger partial charge in [-0.05, 0) is 18.6 Å². The molecule has 7 nitrogen and oxygen atoms in total. The summed E-state index contributed by atoms with van der Waals surface area (Å²) in [6.07, 6.45) is 1.39. The molecule has 0 radical (unpaired) electrons. The highest BCUT2D eigenvalue weighted by Crippen LogP contribution is 2.19. The lowest BCUT2D eigenvalue weighted by Gasteiger charge is -2.34. The fourth-order valence-electron chi connectivity index (χ4n) is 2.78. The predicted octanol–water partition coefficient (Wildman–Crippen LogP) is 1.83. The molecule has 1 aromatic heterocycles. The molecule has 0 unspecified atom stereocenters. The smallest absolute Gasteiger partial charge is 0.272 e. The van der Waals surface area contributed by atoms with E-state index in [1.54, 1.807) is 22.8 Å². The lowest BCUT2D eigenvalue weighted by atomic mass is 10.2. The second kappa shape index (κ2) is 7.29. The Bertz CT molecular complexity index is 785. The van der Waals surface area contributed by atoms with Gasteiger partial charge in [-0.25, -0.2) is 9.97 Å². The molecule has 1 saturated heterocycles. The summed E-state index contributed by atoms with van der Waals surface area (Å²) < 4.78 is 0. The third kappa shape index (κ3) is 3.93. The van der Waals surface area contributed by atoms with Crippen LogP contribution in [-0.2, 0) is 4.79 Å². The quantitative estimate of drug-likeness (QED) is 0.923. The van der Waals surface area contributed by atoms with Crippen LogP contribution >= 0.6 is 0 Å². The molecule has 130 valence electrons. The van der Waals surface area contributed by atoms with E-state index in [2.05, 4.69) is 15.3 Å². The molecule has 2 amide bonds. The summed E-state index contributed by atoms with van der Waals surface area (Å²) in [6.45, 7) is 5.70. The summed E-state index contributed by atoms with van der Waals surface area (Å²) >= 11 is 0. The molecule has 0 bridgehead atoms.